The van der Waals surface area contributed by atoms with Crippen molar-refractivity contribution >= 4 is 16.7 Å². The van der Waals surface area contributed by atoms with Crippen LogP contribution < -0.4 is 5.73 Å². The minimum absolute atomic E-state index is 0.154. The number of hydrogen-bond donors (Lipinski definition) is 1. The smallest absolute Gasteiger partial charge is 0.221 e. The molecule has 0 radical (unpaired) electrons. The number of nitriles is 1. The fourth-order valence-electron chi connectivity index (χ4n) is 2.93. The summed E-state index contributed by atoms with van der Waals surface area (Å²) < 4.78 is 0. The van der Waals surface area contributed by atoms with E-state index in [0.717, 1.165) is 21.9 Å². The third-order valence-corrected chi connectivity index (χ3v) is 4.11. The molecule has 25 heavy (non-hydrogen) atoms. The van der Waals surface area contributed by atoms with Crippen molar-refractivity contribution in [2.75, 3.05) is 5.73 Å². The molecular weight excluding hydrogens is 308 g/mol. The summed E-state index contributed by atoms with van der Waals surface area (Å²) in [4.78, 5) is 8.66. The molecule has 0 unspecified atom stereocenters. The van der Waals surface area contributed by atoms with Gasteiger partial charge in [-0.1, -0.05) is 66.7 Å². The maximum absolute atomic E-state index is 9.76. The first-order valence-corrected chi connectivity index (χ1v) is 7.88. The lowest BCUT2D eigenvalue weighted by atomic mass is 9.99. The zero-order valence-corrected chi connectivity index (χ0v) is 13.3. The van der Waals surface area contributed by atoms with Crippen LogP contribution in [0.3, 0.4) is 0 Å². The molecule has 2 N–H and O–H groups in total. The Labute approximate surface area is 145 Å². The molecule has 0 aliphatic heterocycles. The van der Waals surface area contributed by atoms with Crippen LogP contribution in [0.5, 0.6) is 0 Å². The Bertz CT molecular complexity index is 1110. The second kappa shape index (κ2) is 6.06. The molecule has 0 saturated heterocycles. The van der Waals surface area contributed by atoms with Crippen molar-refractivity contribution in [1.29, 1.82) is 5.26 Å². The van der Waals surface area contributed by atoms with E-state index in [1.54, 1.807) is 0 Å². The summed E-state index contributed by atoms with van der Waals surface area (Å²) in [5.41, 5.74) is 9.17. The predicted octanol–water partition coefficient (Wildman–Crippen LogP) is 4.42. The van der Waals surface area contributed by atoms with Gasteiger partial charge in [-0.25, -0.2) is 9.97 Å². The second-order valence-corrected chi connectivity index (χ2v) is 5.69. The van der Waals surface area contributed by atoms with Gasteiger partial charge in [-0.05, 0) is 16.8 Å². The van der Waals surface area contributed by atoms with Gasteiger partial charge in [0, 0.05) is 11.1 Å². The molecule has 0 bridgehead atoms. The van der Waals surface area contributed by atoms with Crippen molar-refractivity contribution in [3.8, 4) is 28.6 Å². The first kappa shape index (κ1) is 14.9. The summed E-state index contributed by atoms with van der Waals surface area (Å²) in [7, 11) is 0. The monoisotopic (exact) mass is 322 g/mol. The average Bonchev–Trinajstić information content (AvgIpc) is 2.67. The lowest BCUT2D eigenvalue weighted by Gasteiger charge is -2.10. The first-order chi connectivity index (χ1) is 12.3. The largest absolute Gasteiger partial charge is 0.368 e. The molecule has 4 heteroatoms. The Morgan fingerprint density at radius 3 is 2.08 bits per heavy atom. The van der Waals surface area contributed by atoms with E-state index in [0.29, 0.717) is 17.0 Å². The topological polar surface area (TPSA) is 75.6 Å². The molecule has 4 nitrogen and oxygen atoms in total. The van der Waals surface area contributed by atoms with Gasteiger partial charge in [0.15, 0.2) is 0 Å². The maximum Gasteiger partial charge on any atom is 0.221 e. The van der Waals surface area contributed by atoms with Crippen LogP contribution in [-0.4, -0.2) is 9.97 Å². The molecular formula is C21H14N4. The van der Waals surface area contributed by atoms with Crippen molar-refractivity contribution in [2.45, 2.75) is 0 Å². The van der Waals surface area contributed by atoms with E-state index < -0.39 is 0 Å². The summed E-state index contributed by atoms with van der Waals surface area (Å²) in [6.07, 6.45) is 0. The van der Waals surface area contributed by atoms with Crippen LogP contribution in [0.1, 0.15) is 5.56 Å². The molecule has 1 heterocycles. The van der Waals surface area contributed by atoms with Gasteiger partial charge >= 0.3 is 0 Å². The number of nitrogens with zero attached hydrogens (tertiary/aromatic N) is 3. The predicted molar refractivity (Wildman–Crippen MR) is 99.5 cm³/mol. The Balaban J connectivity index is 1.98. The van der Waals surface area contributed by atoms with E-state index in [1.165, 1.54) is 0 Å². The zero-order chi connectivity index (χ0) is 17.2. The normalized spacial score (nSPS) is 10.5. The van der Waals surface area contributed by atoms with Gasteiger partial charge in [-0.15, -0.1) is 0 Å². The fraction of sp³-hybridized carbons (Fsp3) is 0. The van der Waals surface area contributed by atoms with Crippen molar-refractivity contribution in [2.24, 2.45) is 0 Å². The van der Waals surface area contributed by atoms with Crippen LogP contribution in [0.4, 0.5) is 5.95 Å². The van der Waals surface area contributed by atoms with E-state index in [1.807, 2.05) is 72.8 Å². The van der Waals surface area contributed by atoms with Gasteiger partial charge < -0.3 is 5.73 Å². The van der Waals surface area contributed by atoms with Crippen LogP contribution in [0.2, 0.25) is 0 Å². The molecule has 0 fully saturated rings. The highest BCUT2D eigenvalue weighted by atomic mass is 15.0. The molecule has 0 aliphatic carbocycles. The van der Waals surface area contributed by atoms with Crippen molar-refractivity contribution < 1.29 is 0 Å². The quantitative estimate of drug-likeness (QED) is 0.593. The number of anilines is 1. The molecule has 4 aromatic rings. The number of rotatable bonds is 2. The highest BCUT2D eigenvalue weighted by Crippen LogP contribution is 2.31. The van der Waals surface area contributed by atoms with Gasteiger partial charge in [0.05, 0.1) is 11.4 Å². The number of nitrogen functional groups attached to an aromatic ring is 1. The minimum atomic E-state index is 0.154. The molecule has 0 amide bonds. The van der Waals surface area contributed by atoms with Crippen LogP contribution in [0.15, 0.2) is 72.8 Å². The van der Waals surface area contributed by atoms with Crippen LogP contribution in [0.25, 0.3) is 33.3 Å². The Kier molecular flexibility index (Phi) is 3.60. The van der Waals surface area contributed by atoms with Gasteiger partial charge in [0.2, 0.25) is 5.95 Å². The Morgan fingerprint density at radius 1 is 0.720 bits per heavy atom. The third kappa shape index (κ3) is 2.68. The Morgan fingerprint density at radius 2 is 1.36 bits per heavy atom. The van der Waals surface area contributed by atoms with E-state index in [4.69, 9.17) is 5.73 Å². The SMILES string of the molecule is N#Cc1c(-c2ccccc2)nc(N)nc1-c1ccc2ccccc2c1. The standard InChI is InChI=1S/C21H14N4/c22-13-18-19(15-7-2-1-3-8-15)24-21(23)25-20(18)17-11-10-14-6-4-5-9-16(14)12-17/h1-12H,(H2,23,24,25). The summed E-state index contributed by atoms with van der Waals surface area (Å²) >= 11 is 0. The van der Waals surface area contributed by atoms with E-state index in [2.05, 4.69) is 16.0 Å². The molecule has 1 aromatic heterocycles. The van der Waals surface area contributed by atoms with Crippen molar-refractivity contribution in [3.05, 3.63) is 78.4 Å². The van der Waals surface area contributed by atoms with E-state index in [9.17, 15) is 5.26 Å². The second-order valence-electron chi connectivity index (χ2n) is 5.69. The van der Waals surface area contributed by atoms with Crippen molar-refractivity contribution in [1.82, 2.24) is 9.97 Å². The fourth-order valence-corrected chi connectivity index (χ4v) is 2.93. The van der Waals surface area contributed by atoms with Crippen LogP contribution in [0, 0.1) is 11.3 Å². The number of benzene rings is 3. The first-order valence-electron chi connectivity index (χ1n) is 7.88. The maximum atomic E-state index is 9.76. The summed E-state index contributed by atoms with van der Waals surface area (Å²) in [5, 5.41) is 12.0. The van der Waals surface area contributed by atoms with Crippen LogP contribution in [-0.2, 0) is 0 Å². The minimum Gasteiger partial charge on any atom is -0.368 e. The molecule has 0 saturated carbocycles. The highest BCUT2D eigenvalue weighted by molar-refractivity contribution is 5.88. The van der Waals surface area contributed by atoms with Gasteiger partial charge in [0.1, 0.15) is 11.6 Å². The average molecular weight is 322 g/mol. The Hall–Kier alpha value is -3.71. The number of hydrogen-bond acceptors (Lipinski definition) is 4. The van der Waals surface area contributed by atoms with E-state index >= 15 is 0 Å². The zero-order valence-electron chi connectivity index (χ0n) is 13.3. The van der Waals surface area contributed by atoms with Gasteiger partial charge in [-0.2, -0.15) is 5.26 Å². The number of aromatic nitrogens is 2. The van der Waals surface area contributed by atoms with Gasteiger partial charge in [0.25, 0.3) is 0 Å². The summed E-state index contributed by atoms with van der Waals surface area (Å²) in [6.45, 7) is 0. The van der Waals surface area contributed by atoms with Gasteiger partial charge in [-0.3, -0.25) is 0 Å². The highest BCUT2D eigenvalue weighted by Gasteiger charge is 2.16. The molecule has 4 rings (SSSR count). The molecule has 0 spiro atoms. The lowest BCUT2D eigenvalue weighted by molar-refractivity contribution is 1.18. The molecule has 0 atom stereocenters. The lowest BCUT2D eigenvalue weighted by Crippen LogP contribution is -2.03. The molecule has 118 valence electrons. The van der Waals surface area contributed by atoms with Crippen LogP contribution >= 0.6 is 0 Å². The summed E-state index contributed by atoms with van der Waals surface area (Å²) in [6, 6.07) is 25.9. The van der Waals surface area contributed by atoms with Crippen molar-refractivity contribution in [3.63, 3.8) is 0 Å². The third-order valence-electron chi connectivity index (χ3n) is 4.11. The number of fused-ring (bicyclic) bond motifs is 1. The van der Waals surface area contributed by atoms with E-state index in [-0.39, 0.29) is 5.95 Å². The summed E-state index contributed by atoms with van der Waals surface area (Å²) in [5.74, 6) is 0.154. The number of nitrogens with two attached hydrogens (primary N) is 1. The molecule has 3 aromatic carbocycles. The molecule has 0 aliphatic rings.